The van der Waals surface area contributed by atoms with Crippen molar-refractivity contribution in [3.8, 4) is 0 Å². The predicted molar refractivity (Wildman–Crippen MR) is 72.8 cm³/mol. The number of hydrogen-bond donors (Lipinski definition) is 1. The Bertz CT molecular complexity index is 314. The first-order valence-corrected chi connectivity index (χ1v) is 6.67. The quantitative estimate of drug-likeness (QED) is 0.695. The molecule has 1 amide bonds. The van der Waals surface area contributed by atoms with Gasteiger partial charge in [0.2, 0.25) is 5.91 Å². The van der Waals surface area contributed by atoms with Crippen molar-refractivity contribution in [2.75, 3.05) is 40.8 Å². The lowest BCUT2D eigenvalue weighted by atomic mass is 10.0. The molecule has 0 spiro atoms. The number of rotatable bonds is 5. The zero-order valence-corrected chi connectivity index (χ0v) is 12.3. The van der Waals surface area contributed by atoms with E-state index < -0.39 is 12.0 Å². The molecular formula is C13H25N3O3. The summed E-state index contributed by atoms with van der Waals surface area (Å²) < 4.78 is 4.73. The van der Waals surface area contributed by atoms with Crippen LogP contribution in [0.1, 0.15) is 19.8 Å². The fourth-order valence-electron chi connectivity index (χ4n) is 2.44. The molecular weight excluding hydrogens is 246 g/mol. The van der Waals surface area contributed by atoms with Crippen molar-refractivity contribution < 1.29 is 14.3 Å². The van der Waals surface area contributed by atoms with Crippen molar-refractivity contribution in [1.82, 2.24) is 15.1 Å². The first kappa shape index (κ1) is 15.9. The van der Waals surface area contributed by atoms with Gasteiger partial charge in [0.25, 0.3) is 0 Å². The number of likely N-dealkylation sites (N-methyl/N-ethyl adjacent to an activating group) is 1. The topological polar surface area (TPSA) is 61.9 Å². The van der Waals surface area contributed by atoms with Crippen LogP contribution in [0.5, 0.6) is 0 Å². The minimum atomic E-state index is -0.591. The maximum Gasteiger partial charge on any atom is 0.329 e. The van der Waals surface area contributed by atoms with E-state index in [-0.39, 0.29) is 5.91 Å². The highest BCUT2D eigenvalue weighted by Crippen LogP contribution is 2.14. The number of likely N-dealkylation sites (tertiary alicyclic amines) is 1. The number of methoxy groups -OCH3 is 1. The second kappa shape index (κ2) is 7.45. The molecule has 1 N–H and O–H groups in total. The number of carbonyl (C=O) groups excluding carboxylic acids is 2. The van der Waals surface area contributed by atoms with Gasteiger partial charge in [0, 0.05) is 19.5 Å². The van der Waals surface area contributed by atoms with Gasteiger partial charge in [0.05, 0.1) is 7.11 Å². The first-order chi connectivity index (χ1) is 8.93. The van der Waals surface area contributed by atoms with Crippen molar-refractivity contribution in [1.29, 1.82) is 0 Å². The number of amides is 1. The van der Waals surface area contributed by atoms with Crippen LogP contribution in [-0.4, -0.2) is 74.6 Å². The lowest BCUT2D eigenvalue weighted by molar-refractivity contribution is -0.145. The maximum atomic E-state index is 11.6. The van der Waals surface area contributed by atoms with E-state index in [0.29, 0.717) is 12.6 Å². The van der Waals surface area contributed by atoms with Gasteiger partial charge in [-0.25, -0.2) is 4.79 Å². The Labute approximate surface area is 115 Å². The Morgan fingerprint density at radius 3 is 2.47 bits per heavy atom. The third kappa shape index (κ3) is 5.16. The van der Waals surface area contributed by atoms with Crippen LogP contribution in [0.4, 0.5) is 0 Å². The zero-order valence-electron chi connectivity index (χ0n) is 12.3. The van der Waals surface area contributed by atoms with E-state index in [9.17, 15) is 9.59 Å². The van der Waals surface area contributed by atoms with Gasteiger partial charge in [-0.15, -0.1) is 0 Å². The standard InChI is InChI=1S/C13H25N3O3/c1-10(17)14-12(13(18)19-4)9-16(3)11-5-7-15(2)8-6-11/h11-12H,5-9H2,1-4H3,(H,14,17). The van der Waals surface area contributed by atoms with Crippen molar-refractivity contribution in [3.63, 3.8) is 0 Å². The largest absolute Gasteiger partial charge is 0.467 e. The second-order valence-electron chi connectivity index (χ2n) is 5.25. The number of nitrogens with one attached hydrogen (secondary N) is 1. The molecule has 1 saturated heterocycles. The van der Waals surface area contributed by atoms with Gasteiger partial charge in [0.15, 0.2) is 0 Å². The van der Waals surface area contributed by atoms with Crippen LogP contribution in [0.15, 0.2) is 0 Å². The Kier molecular flexibility index (Phi) is 6.24. The van der Waals surface area contributed by atoms with Gasteiger partial charge < -0.3 is 19.9 Å². The average Bonchev–Trinajstić information content (AvgIpc) is 2.37. The molecule has 0 radical (unpaired) electrons. The van der Waals surface area contributed by atoms with E-state index in [1.54, 1.807) is 0 Å². The second-order valence-corrected chi connectivity index (χ2v) is 5.25. The molecule has 0 saturated carbocycles. The summed E-state index contributed by atoms with van der Waals surface area (Å²) >= 11 is 0. The summed E-state index contributed by atoms with van der Waals surface area (Å²) in [6.07, 6.45) is 2.17. The molecule has 1 fully saturated rings. The maximum absolute atomic E-state index is 11.6. The molecule has 0 bridgehead atoms. The summed E-state index contributed by atoms with van der Waals surface area (Å²) in [6, 6.07) is -0.135. The minimum Gasteiger partial charge on any atom is -0.467 e. The van der Waals surface area contributed by atoms with Crippen LogP contribution in [0.2, 0.25) is 0 Å². The zero-order chi connectivity index (χ0) is 14.4. The highest BCUT2D eigenvalue weighted by Gasteiger charge is 2.26. The molecule has 110 valence electrons. The number of ether oxygens (including phenoxy) is 1. The van der Waals surface area contributed by atoms with E-state index in [4.69, 9.17) is 4.74 Å². The molecule has 1 aliphatic heterocycles. The molecule has 0 aromatic heterocycles. The van der Waals surface area contributed by atoms with Crippen LogP contribution in [0, 0.1) is 0 Å². The Morgan fingerprint density at radius 2 is 2.00 bits per heavy atom. The Hall–Kier alpha value is -1.14. The van der Waals surface area contributed by atoms with Gasteiger partial charge >= 0.3 is 5.97 Å². The van der Waals surface area contributed by atoms with Crippen LogP contribution < -0.4 is 5.32 Å². The molecule has 1 atom stereocenters. The summed E-state index contributed by atoms with van der Waals surface area (Å²) in [5.41, 5.74) is 0. The molecule has 19 heavy (non-hydrogen) atoms. The van der Waals surface area contributed by atoms with Gasteiger partial charge in [-0.05, 0) is 40.0 Å². The summed E-state index contributed by atoms with van der Waals surface area (Å²) in [5, 5.41) is 2.64. The molecule has 0 aliphatic carbocycles. The lowest BCUT2D eigenvalue weighted by Crippen LogP contribution is -2.51. The monoisotopic (exact) mass is 271 g/mol. The molecule has 1 aliphatic rings. The molecule has 6 heteroatoms. The van der Waals surface area contributed by atoms with Crippen molar-refractivity contribution >= 4 is 11.9 Å². The van der Waals surface area contributed by atoms with Crippen molar-refractivity contribution in [3.05, 3.63) is 0 Å². The van der Waals surface area contributed by atoms with Gasteiger partial charge in [-0.2, -0.15) is 0 Å². The number of hydrogen-bond acceptors (Lipinski definition) is 5. The van der Waals surface area contributed by atoms with Gasteiger partial charge in [-0.3, -0.25) is 4.79 Å². The number of nitrogens with zero attached hydrogens (tertiary/aromatic N) is 2. The number of piperidine rings is 1. The lowest BCUT2D eigenvalue weighted by Gasteiger charge is -2.36. The Morgan fingerprint density at radius 1 is 1.42 bits per heavy atom. The van der Waals surface area contributed by atoms with E-state index in [2.05, 4.69) is 22.2 Å². The molecule has 0 aromatic rings. The summed E-state index contributed by atoms with van der Waals surface area (Å²) in [6.45, 7) is 4.03. The highest BCUT2D eigenvalue weighted by molar-refractivity contribution is 5.83. The van der Waals surface area contributed by atoms with Crippen LogP contribution in [0.25, 0.3) is 0 Å². The van der Waals surface area contributed by atoms with Crippen LogP contribution in [-0.2, 0) is 14.3 Å². The molecule has 0 aromatic carbocycles. The Balaban J connectivity index is 2.52. The van der Waals surface area contributed by atoms with Crippen LogP contribution >= 0.6 is 0 Å². The van der Waals surface area contributed by atoms with E-state index >= 15 is 0 Å². The summed E-state index contributed by atoms with van der Waals surface area (Å²) in [4.78, 5) is 27.2. The molecule has 6 nitrogen and oxygen atoms in total. The van der Waals surface area contributed by atoms with Gasteiger partial charge in [0.1, 0.15) is 6.04 Å². The van der Waals surface area contributed by atoms with Gasteiger partial charge in [-0.1, -0.05) is 0 Å². The predicted octanol–water partition coefficient (Wildman–Crippen LogP) is -0.310. The fraction of sp³-hybridized carbons (Fsp3) is 0.846. The first-order valence-electron chi connectivity index (χ1n) is 6.67. The van der Waals surface area contributed by atoms with Crippen molar-refractivity contribution in [2.45, 2.75) is 31.8 Å². The molecule has 1 unspecified atom stereocenters. The highest BCUT2D eigenvalue weighted by atomic mass is 16.5. The fourth-order valence-corrected chi connectivity index (χ4v) is 2.44. The van der Waals surface area contributed by atoms with E-state index in [1.807, 2.05) is 7.05 Å². The van der Waals surface area contributed by atoms with Crippen LogP contribution in [0.3, 0.4) is 0 Å². The summed E-state index contributed by atoms with van der Waals surface area (Å²) in [5.74, 6) is -0.609. The molecule has 1 rings (SSSR count). The summed E-state index contributed by atoms with van der Waals surface area (Å²) in [7, 11) is 5.45. The number of carbonyl (C=O) groups is 2. The third-order valence-electron chi connectivity index (χ3n) is 3.65. The smallest absolute Gasteiger partial charge is 0.329 e. The minimum absolute atomic E-state index is 0.216. The van der Waals surface area contributed by atoms with Crippen molar-refractivity contribution in [2.24, 2.45) is 0 Å². The number of esters is 1. The third-order valence-corrected chi connectivity index (χ3v) is 3.65. The van der Waals surface area contributed by atoms with E-state index in [0.717, 1.165) is 25.9 Å². The average molecular weight is 271 g/mol. The molecule has 1 heterocycles. The normalized spacial score (nSPS) is 19.2. The SMILES string of the molecule is COC(=O)C(CN(C)C1CCN(C)CC1)NC(C)=O. The van der Waals surface area contributed by atoms with E-state index in [1.165, 1.54) is 14.0 Å².